The van der Waals surface area contributed by atoms with Crippen molar-refractivity contribution < 1.29 is 19.1 Å². The molecule has 2 heterocycles. The predicted octanol–water partition coefficient (Wildman–Crippen LogP) is 2.19. The first-order valence-electron chi connectivity index (χ1n) is 10.4. The maximum absolute atomic E-state index is 14.9. The van der Waals surface area contributed by atoms with Crippen LogP contribution in [0.4, 0.5) is 4.39 Å². The third-order valence-electron chi connectivity index (χ3n) is 6.23. The Bertz CT molecular complexity index is 1190. The molecule has 2 aliphatic rings. The molecule has 31 heavy (non-hydrogen) atoms. The summed E-state index contributed by atoms with van der Waals surface area (Å²) in [6, 6.07) is 10.1. The lowest BCUT2D eigenvalue weighted by molar-refractivity contribution is -0.143. The number of aryl methyl sites for hydroxylation is 1. The predicted molar refractivity (Wildman–Crippen MR) is 113 cm³/mol. The Labute approximate surface area is 178 Å². The minimum Gasteiger partial charge on any atom is -0.380 e. The number of imidazole rings is 1. The van der Waals surface area contributed by atoms with Gasteiger partial charge in [0.25, 0.3) is 11.8 Å². The van der Waals surface area contributed by atoms with Crippen molar-refractivity contribution in [2.45, 2.75) is 18.4 Å². The number of aromatic nitrogens is 2. The molecule has 7 nitrogen and oxygen atoms in total. The van der Waals surface area contributed by atoms with E-state index in [1.165, 1.54) is 6.07 Å². The van der Waals surface area contributed by atoms with E-state index in [1.807, 2.05) is 29.8 Å². The number of carbonyl (C=O) groups is 2. The number of benzene rings is 2. The molecule has 8 heteroatoms. The lowest BCUT2D eigenvalue weighted by Crippen LogP contribution is -2.53. The van der Waals surface area contributed by atoms with Crippen LogP contribution in [-0.4, -0.2) is 68.1 Å². The van der Waals surface area contributed by atoms with E-state index in [0.717, 1.165) is 11.0 Å². The Kier molecular flexibility index (Phi) is 4.55. The Hall–Kier alpha value is -3.26. The molecule has 0 spiro atoms. The molecular formula is C23H23FN4O3. The highest BCUT2D eigenvalue weighted by molar-refractivity contribution is 5.95. The first-order valence-corrected chi connectivity index (χ1v) is 10.4. The highest BCUT2D eigenvalue weighted by atomic mass is 19.1. The van der Waals surface area contributed by atoms with Crippen molar-refractivity contribution in [2.75, 3.05) is 26.2 Å². The second-order valence-corrected chi connectivity index (χ2v) is 8.37. The van der Waals surface area contributed by atoms with Gasteiger partial charge in [-0.2, -0.15) is 0 Å². The number of rotatable bonds is 3. The maximum atomic E-state index is 14.9. The van der Waals surface area contributed by atoms with Crippen molar-refractivity contribution >= 4 is 22.8 Å². The second kappa shape index (κ2) is 7.16. The normalized spacial score (nSPS) is 17.8. The average molecular weight is 422 g/mol. The number of piperazine rings is 1. The summed E-state index contributed by atoms with van der Waals surface area (Å²) in [5.41, 5.74) is 1.94. The molecule has 2 fully saturated rings. The molecule has 5 rings (SSSR count). The standard InChI is InChI=1S/C23H23FN4O3/c1-26-14-25-19-13-15(3-5-20(19)26)17-4-2-16(12-18(17)24)21(29)27-8-10-28(11-9-27)22(30)23(31)6-7-23/h2-5,12-14,31H,6-11H2,1H3. The van der Waals surface area contributed by atoms with E-state index in [0.29, 0.717) is 50.1 Å². The molecular weight excluding hydrogens is 399 g/mol. The van der Waals surface area contributed by atoms with Crippen LogP contribution in [0, 0.1) is 5.82 Å². The summed E-state index contributed by atoms with van der Waals surface area (Å²) in [5.74, 6) is -0.978. The fraction of sp³-hybridized carbons (Fsp3) is 0.348. The summed E-state index contributed by atoms with van der Waals surface area (Å²) in [6.45, 7) is 1.47. The van der Waals surface area contributed by atoms with Gasteiger partial charge in [-0.15, -0.1) is 0 Å². The van der Waals surface area contributed by atoms with E-state index >= 15 is 0 Å². The highest BCUT2D eigenvalue weighted by Crippen LogP contribution is 2.37. The maximum Gasteiger partial charge on any atom is 0.254 e. The van der Waals surface area contributed by atoms with Crippen molar-refractivity contribution in [3.05, 3.63) is 54.1 Å². The van der Waals surface area contributed by atoms with Crippen LogP contribution in [0.25, 0.3) is 22.2 Å². The summed E-state index contributed by atoms with van der Waals surface area (Å²) >= 11 is 0. The molecule has 2 aromatic carbocycles. The number of nitrogens with zero attached hydrogens (tertiary/aromatic N) is 4. The largest absolute Gasteiger partial charge is 0.380 e. The van der Waals surface area contributed by atoms with E-state index in [-0.39, 0.29) is 17.4 Å². The van der Waals surface area contributed by atoms with E-state index in [4.69, 9.17) is 0 Å². The number of hydrogen-bond acceptors (Lipinski definition) is 4. The lowest BCUT2D eigenvalue weighted by atomic mass is 10.0. The van der Waals surface area contributed by atoms with Gasteiger partial charge in [-0.1, -0.05) is 12.1 Å². The Morgan fingerprint density at radius 1 is 1.03 bits per heavy atom. The second-order valence-electron chi connectivity index (χ2n) is 8.37. The van der Waals surface area contributed by atoms with Crippen LogP contribution in [0.3, 0.4) is 0 Å². The van der Waals surface area contributed by atoms with Crippen molar-refractivity contribution in [3.8, 4) is 11.1 Å². The minimum atomic E-state index is -1.19. The molecule has 0 radical (unpaired) electrons. The Morgan fingerprint density at radius 3 is 2.42 bits per heavy atom. The van der Waals surface area contributed by atoms with Crippen molar-refractivity contribution in [3.63, 3.8) is 0 Å². The number of amides is 2. The molecule has 0 unspecified atom stereocenters. The number of aliphatic hydroxyl groups is 1. The molecule has 1 aliphatic heterocycles. The fourth-order valence-corrected chi connectivity index (χ4v) is 4.11. The number of hydrogen-bond donors (Lipinski definition) is 1. The van der Waals surface area contributed by atoms with Gasteiger partial charge >= 0.3 is 0 Å². The Balaban J connectivity index is 1.30. The first-order chi connectivity index (χ1) is 14.9. The average Bonchev–Trinajstić information content (AvgIpc) is 3.44. The third-order valence-corrected chi connectivity index (χ3v) is 6.23. The van der Waals surface area contributed by atoms with Gasteiger partial charge in [0.05, 0.1) is 17.4 Å². The van der Waals surface area contributed by atoms with E-state index in [9.17, 15) is 19.1 Å². The smallest absolute Gasteiger partial charge is 0.254 e. The lowest BCUT2D eigenvalue weighted by Gasteiger charge is -2.35. The molecule has 1 N–H and O–H groups in total. The first kappa shape index (κ1) is 19.7. The highest BCUT2D eigenvalue weighted by Gasteiger charge is 2.50. The summed E-state index contributed by atoms with van der Waals surface area (Å²) in [5, 5.41) is 9.99. The fourth-order valence-electron chi connectivity index (χ4n) is 4.11. The summed E-state index contributed by atoms with van der Waals surface area (Å²) in [4.78, 5) is 32.6. The Morgan fingerprint density at radius 2 is 1.74 bits per heavy atom. The molecule has 1 saturated heterocycles. The molecule has 3 aromatic rings. The summed E-state index contributed by atoms with van der Waals surface area (Å²) in [6.07, 6.45) is 2.72. The zero-order valence-corrected chi connectivity index (χ0v) is 17.2. The summed E-state index contributed by atoms with van der Waals surface area (Å²) in [7, 11) is 1.90. The molecule has 2 amide bonds. The number of carbonyl (C=O) groups excluding carboxylic acids is 2. The monoisotopic (exact) mass is 422 g/mol. The van der Waals surface area contributed by atoms with Gasteiger partial charge in [-0.25, -0.2) is 9.37 Å². The van der Waals surface area contributed by atoms with E-state index in [1.54, 1.807) is 28.3 Å². The van der Waals surface area contributed by atoms with Gasteiger partial charge in [0.1, 0.15) is 11.4 Å². The minimum absolute atomic E-state index is 0.250. The molecule has 0 atom stereocenters. The van der Waals surface area contributed by atoms with Gasteiger partial charge in [0.15, 0.2) is 0 Å². The quantitative estimate of drug-likeness (QED) is 0.702. The van der Waals surface area contributed by atoms with E-state index < -0.39 is 11.4 Å². The van der Waals surface area contributed by atoms with Gasteiger partial charge in [0, 0.05) is 44.4 Å². The van der Waals surface area contributed by atoms with Gasteiger partial charge in [-0.05, 0) is 42.7 Å². The van der Waals surface area contributed by atoms with Crippen LogP contribution in [0.5, 0.6) is 0 Å². The SMILES string of the molecule is Cn1cnc2cc(-c3ccc(C(=O)N4CCN(C(=O)C5(O)CC5)CC4)cc3F)ccc21. The number of halogens is 1. The van der Waals surface area contributed by atoms with Crippen LogP contribution >= 0.6 is 0 Å². The third kappa shape index (κ3) is 3.46. The van der Waals surface area contributed by atoms with Crippen LogP contribution in [0.15, 0.2) is 42.7 Å². The molecule has 0 bridgehead atoms. The van der Waals surface area contributed by atoms with Gasteiger partial charge in [0.2, 0.25) is 0 Å². The van der Waals surface area contributed by atoms with Crippen molar-refractivity contribution in [1.82, 2.24) is 19.4 Å². The van der Waals surface area contributed by atoms with Gasteiger partial charge in [-0.3, -0.25) is 9.59 Å². The zero-order chi connectivity index (χ0) is 21.8. The van der Waals surface area contributed by atoms with E-state index in [2.05, 4.69) is 4.98 Å². The van der Waals surface area contributed by atoms with Crippen molar-refractivity contribution in [2.24, 2.45) is 7.05 Å². The zero-order valence-electron chi connectivity index (χ0n) is 17.2. The topological polar surface area (TPSA) is 78.7 Å². The molecule has 1 aromatic heterocycles. The van der Waals surface area contributed by atoms with Crippen LogP contribution < -0.4 is 0 Å². The molecule has 160 valence electrons. The van der Waals surface area contributed by atoms with Crippen LogP contribution in [0.1, 0.15) is 23.2 Å². The van der Waals surface area contributed by atoms with Crippen LogP contribution in [-0.2, 0) is 11.8 Å². The van der Waals surface area contributed by atoms with Crippen molar-refractivity contribution in [1.29, 1.82) is 0 Å². The number of fused-ring (bicyclic) bond motifs is 1. The van der Waals surface area contributed by atoms with Gasteiger partial charge < -0.3 is 19.5 Å². The molecule has 1 aliphatic carbocycles. The summed E-state index contributed by atoms with van der Waals surface area (Å²) < 4.78 is 16.8. The molecule has 1 saturated carbocycles. The van der Waals surface area contributed by atoms with Crippen LogP contribution in [0.2, 0.25) is 0 Å².